The number of hydrogen-bond donors (Lipinski definition) is 1. The van der Waals surface area contributed by atoms with Gasteiger partial charge >= 0.3 is 5.97 Å². The van der Waals surface area contributed by atoms with E-state index in [1.807, 2.05) is 13.8 Å². The van der Waals surface area contributed by atoms with E-state index in [1.54, 1.807) is 0 Å². The summed E-state index contributed by atoms with van der Waals surface area (Å²) in [5, 5.41) is 16.0. The summed E-state index contributed by atoms with van der Waals surface area (Å²) in [5.74, 6) is -0.971. The molecule has 0 aliphatic heterocycles. The molecule has 90 valence electrons. The molecule has 0 amide bonds. The highest BCUT2D eigenvalue weighted by Crippen LogP contribution is 2.15. The van der Waals surface area contributed by atoms with Crippen LogP contribution in [0.5, 0.6) is 0 Å². The first kappa shape index (κ1) is 12.6. The lowest BCUT2D eigenvalue weighted by Gasteiger charge is -2.13. The third kappa shape index (κ3) is 3.59. The van der Waals surface area contributed by atoms with Crippen LogP contribution in [0.15, 0.2) is 6.20 Å². The normalized spacial score (nSPS) is 10.9. The van der Waals surface area contributed by atoms with E-state index < -0.39 is 12.3 Å². The Balaban J connectivity index is 2.68. The molecule has 0 bridgehead atoms. The van der Waals surface area contributed by atoms with Gasteiger partial charge in [0.05, 0.1) is 6.20 Å². The molecule has 0 aliphatic rings. The number of carbonyl (C=O) groups is 1. The average molecular weight is 229 g/mol. The van der Waals surface area contributed by atoms with Crippen molar-refractivity contribution in [2.75, 3.05) is 13.2 Å². The molecule has 1 aromatic heterocycles. The van der Waals surface area contributed by atoms with Gasteiger partial charge in [0.15, 0.2) is 0 Å². The standard InChI is InChI=1S/C9H15N3O4/c1-3-15-9(16-4-2)7-5-12(11-10-7)6-8(13)14/h5,9H,3-4,6H2,1-2H3,(H,13,14). The van der Waals surface area contributed by atoms with Gasteiger partial charge < -0.3 is 14.6 Å². The van der Waals surface area contributed by atoms with Crippen LogP contribution in [0.1, 0.15) is 25.8 Å². The van der Waals surface area contributed by atoms with Gasteiger partial charge in [-0.3, -0.25) is 4.79 Å². The van der Waals surface area contributed by atoms with Crippen molar-refractivity contribution in [2.24, 2.45) is 0 Å². The summed E-state index contributed by atoms with van der Waals surface area (Å²) in [6.45, 7) is 4.42. The van der Waals surface area contributed by atoms with Gasteiger partial charge in [0.2, 0.25) is 6.29 Å². The van der Waals surface area contributed by atoms with Crippen LogP contribution in [0, 0.1) is 0 Å². The van der Waals surface area contributed by atoms with Gasteiger partial charge in [0.25, 0.3) is 0 Å². The molecule has 0 saturated heterocycles. The quantitative estimate of drug-likeness (QED) is 0.682. The van der Waals surface area contributed by atoms with Crippen LogP contribution in [-0.2, 0) is 20.8 Å². The zero-order valence-corrected chi connectivity index (χ0v) is 9.29. The number of ether oxygens (including phenoxy) is 2. The van der Waals surface area contributed by atoms with Crippen LogP contribution < -0.4 is 0 Å². The molecule has 0 aromatic carbocycles. The fourth-order valence-corrected chi connectivity index (χ4v) is 1.16. The number of rotatable bonds is 7. The van der Waals surface area contributed by atoms with Gasteiger partial charge in [0.1, 0.15) is 12.2 Å². The first-order valence-electron chi connectivity index (χ1n) is 5.02. The topological polar surface area (TPSA) is 86.5 Å². The van der Waals surface area contributed by atoms with Crippen molar-refractivity contribution in [3.63, 3.8) is 0 Å². The molecular formula is C9H15N3O4. The molecule has 1 rings (SSSR count). The lowest BCUT2D eigenvalue weighted by Crippen LogP contribution is -2.10. The minimum absolute atomic E-state index is 0.224. The second-order valence-corrected chi connectivity index (χ2v) is 2.98. The first-order valence-corrected chi connectivity index (χ1v) is 5.02. The molecular weight excluding hydrogens is 214 g/mol. The molecule has 1 heterocycles. The van der Waals surface area contributed by atoms with E-state index in [4.69, 9.17) is 14.6 Å². The van der Waals surface area contributed by atoms with E-state index in [9.17, 15) is 4.79 Å². The fraction of sp³-hybridized carbons (Fsp3) is 0.667. The summed E-state index contributed by atoms with van der Waals surface area (Å²) in [5.41, 5.74) is 0.477. The van der Waals surface area contributed by atoms with Gasteiger partial charge in [0, 0.05) is 13.2 Å². The minimum Gasteiger partial charge on any atom is -0.480 e. The Morgan fingerprint density at radius 2 is 2.12 bits per heavy atom. The summed E-state index contributed by atoms with van der Waals surface area (Å²) in [6.07, 6.45) is 0.918. The molecule has 1 N–H and O–H groups in total. The Bertz CT molecular complexity index is 333. The largest absolute Gasteiger partial charge is 0.480 e. The Morgan fingerprint density at radius 1 is 1.50 bits per heavy atom. The maximum absolute atomic E-state index is 10.4. The fourth-order valence-electron chi connectivity index (χ4n) is 1.16. The molecule has 0 spiro atoms. The highest BCUT2D eigenvalue weighted by Gasteiger charge is 2.16. The highest BCUT2D eigenvalue weighted by molar-refractivity contribution is 5.66. The Kier molecular flexibility index (Phi) is 4.87. The molecule has 0 radical (unpaired) electrons. The maximum atomic E-state index is 10.4. The predicted octanol–water partition coefficient (Wildman–Crippen LogP) is 0.434. The summed E-state index contributed by atoms with van der Waals surface area (Å²) in [4.78, 5) is 10.4. The van der Waals surface area contributed by atoms with Gasteiger partial charge in [-0.1, -0.05) is 5.21 Å². The summed E-state index contributed by atoms with van der Waals surface area (Å²) < 4.78 is 11.8. The average Bonchev–Trinajstić information content (AvgIpc) is 2.65. The molecule has 0 unspecified atom stereocenters. The minimum atomic E-state index is -0.971. The van der Waals surface area contributed by atoms with Crippen molar-refractivity contribution in [1.82, 2.24) is 15.0 Å². The summed E-state index contributed by atoms with van der Waals surface area (Å²) in [7, 11) is 0. The van der Waals surface area contributed by atoms with Crippen molar-refractivity contribution in [3.8, 4) is 0 Å². The second kappa shape index (κ2) is 6.19. The van der Waals surface area contributed by atoms with Crippen molar-refractivity contribution in [1.29, 1.82) is 0 Å². The van der Waals surface area contributed by atoms with Crippen LogP contribution in [0.3, 0.4) is 0 Å². The van der Waals surface area contributed by atoms with Crippen LogP contribution in [0.4, 0.5) is 0 Å². The predicted molar refractivity (Wildman–Crippen MR) is 53.7 cm³/mol. The monoisotopic (exact) mass is 229 g/mol. The van der Waals surface area contributed by atoms with E-state index in [0.29, 0.717) is 18.9 Å². The number of aromatic nitrogens is 3. The van der Waals surface area contributed by atoms with E-state index in [0.717, 1.165) is 0 Å². The number of carboxylic acids is 1. The van der Waals surface area contributed by atoms with Crippen molar-refractivity contribution < 1.29 is 19.4 Å². The van der Waals surface area contributed by atoms with Gasteiger partial charge in [-0.15, -0.1) is 5.10 Å². The van der Waals surface area contributed by atoms with Gasteiger partial charge in [-0.2, -0.15) is 0 Å². The molecule has 0 saturated carbocycles. The van der Waals surface area contributed by atoms with Crippen molar-refractivity contribution in [2.45, 2.75) is 26.7 Å². The zero-order valence-electron chi connectivity index (χ0n) is 9.29. The number of hydrogen-bond acceptors (Lipinski definition) is 5. The van der Waals surface area contributed by atoms with Gasteiger partial charge in [-0.05, 0) is 13.8 Å². The molecule has 0 aliphatic carbocycles. The summed E-state index contributed by atoms with van der Waals surface area (Å²) in [6, 6.07) is 0. The number of carboxylic acid groups (broad SMARTS) is 1. The van der Waals surface area contributed by atoms with Gasteiger partial charge in [-0.25, -0.2) is 4.68 Å². The Morgan fingerprint density at radius 3 is 2.62 bits per heavy atom. The van der Waals surface area contributed by atoms with Crippen molar-refractivity contribution >= 4 is 5.97 Å². The first-order chi connectivity index (χ1) is 7.67. The van der Waals surface area contributed by atoms with E-state index >= 15 is 0 Å². The van der Waals surface area contributed by atoms with E-state index in [2.05, 4.69) is 10.3 Å². The van der Waals surface area contributed by atoms with Crippen LogP contribution in [-0.4, -0.2) is 39.3 Å². The van der Waals surface area contributed by atoms with Crippen molar-refractivity contribution in [3.05, 3.63) is 11.9 Å². The molecule has 16 heavy (non-hydrogen) atoms. The lowest BCUT2D eigenvalue weighted by molar-refractivity contribution is -0.142. The highest BCUT2D eigenvalue weighted by atomic mass is 16.7. The Labute approximate surface area is 93.0 Å². The smallest absolute Gasteiger partial charge is 0.325 e. The third-order valence-electron chi connectivity index (χ3n) is 1.73. The molecule has 7 heteroatoms. The second-order valence-electron chi connectivity index (χ2n) is 2.98. The van der Waals surface area contributed by atoms with Crippen LogP contribution in [0.25, 0.3) is 0 Å². The molecule has 1 aromatic rings. The maximum Gasteiger partial charge on any atom is 0.325 e. The molecule has 0 atom stereocenters. The van der Waals surface area contributed by atoms with Crippen LogP contribution >= 0.6 is 0 Å². The molecule has 0 fully saturated rings. The number of nitrogens with zero attached hydrogens (tertiary/aromatic N) is 3. The summed E-state index contributed by atoms with van der Waals surface area (Å²) >= 11 is 0. The lowest BCUT2D eigenvalue weighted by atomic mass is 10.4. The Hall–Kier alpha value is -1.47. The van der Waals surface area contributed by atoms with E-state index in [-0.39, 0.29) is 6.54 Å². The number of aliphatic carboxylic acids is 1. The zero-order chi connectivity index (χ0) is 12.0. The SMILES string of the molecule is CCOC(OCC)c1cn(CC(=O)O)nn1. The van der Waals surface area contributed by atoms with Crippen LogP contribution in [0.2, 0.25) is 0 Å². The third-order valence-corrected chi connectivity index (χ3v) is 1.73. The molecule has 7 nitrogen and oxygen atoms in total. The van der Waals surface area contributed by atoms with E-state index in [1.165, 1.54) is 10.9 Å².